The van der Waals surface area contributed by atoms with Crippen LogP contribution >= 0.6 is 0 Å². The lowest BCUT2D eigenvalue weighted by molar-refractivity contribution is 0.0533. The first-order chi connectivity index (χ1) is 9.13. The van der Waals surface area contributed by atoms with Crippen LogP contribution in [-0.2, 0) is 4.74 Å². The van der Waals surface area contributed by atoms with Crippen LogP contribution in [0.5, 0.6) is 0 Å². The predicted molar refractivity (Wildman–Crippen MR) is 66.3 cm³/mol. The molecule has 0 aliphatic carbocycles. The summed E-state index contributed by atoms with van der Waals surface area (Å²) in [5.41, 5.74) is 0.202. The number of hydrogen-bond donors (Lipinski definition) is 1. The molecule has 0 amide bonds. The first-order valence-corrected chi connectivity index (χ1v) is 6.59. The molecule has 1 aromatic carbocycles. The van der Waals surface area contributed by atoms with Crippen molar-refractivity contribution in [3.8, 4) is 0 Å². The summed E-state index contributed by atoms with van der Waals surface area (Å²) in [6.45, 7) is 3.79. The van der Waals surface area contributed by atoms with Gasteiger partial charge in [-0.1, -0.05) is 6.92 Å². The average molecular weight is 273 g/mol. The van der Waals surface area contributed by atoms with Gasteiger partial charge in [-0.2, -0.15) is 0 Å². The standard InChI is InChI=1S/C14H18F3NO/c1-2-18-14(9-3-5-19-6-4-9)10-7-12(16)13(17)8-11(10)15/h7-9,14,18H,2-6H2,1H3. The zero-order valence-corrected chi connectivity index (χ0v) is 10.9. The number of hydrogen-bond acceptors (Lipinski definition) is 2. The summed E-state index contributed by atoms with van der Waals surface area (Å²) in [6.07, 6.45) is 1.58. The maximum absolute atomic E-state index is 13.9. The smallest absolute Gasteiger partial charge is 0.161 e. The molecule has 1 aromatic rings. The minimum atomic E-state index is -1.15. The van der Waals surface area contributed by atoms with E-state index >= 15 is 0 Å². The molecule has 1 aliphatic heterocycles. The Morgan fingerprint density at radius 1 is 1.16 bits per heavy atom. The van der Waals surface area contributed by atoms with E-state index < -0.39 is 17.5 Å². The van der Waals surface area contributed by atoms with Crippen LogP contribution < -0.4 is 5.32 Å². The Morgan fingerprint density at radius 3 is 2.42 bits per heavy atom. The van der Waals surface area contributed by atoms with Crippen LogP contribution in [-0.4, -0.2) is 19.8 Å². The van der Waals surface area contributed by atoms with Gasteiger partial charge in [0.25, 0.3) is 0 Å². The minimum absolute atomic E-state index is 0.174. The molecule has 5 heteroatoms. The zero-order valence-electron chi connectivity index (χ0n) is 10.9. The van der Waals surface area contributed by atoms with Gasteiger partial charge in [-0.15, -0.1) is 0 Å². The molecule has 0 aromatic heterocycles. The zero-order chi connectivity index (χ0) is 13.8. The third-order valence-corrected chi connectivity index (χ3v) is 3.54. The van der Waals surface area contributed by atoms with Gasteiger partial charge in [0.2, 0.25) is 0 Å². The molecule has 19 heavy (non-hydrogen) atoms. The molecule has 0 saturated carbocycles. The quantitative estimate of drug-likeness (QED) is 0.851. The van der Waals surface area contributed by atoms with E-state index in [4.69, 9.17) is 4.74 Å². The summed E-state index contributed by atoms with van der Waals surface area (Å²) in [5, 5.41) is 3.17. The van der Waals surface area contributed by atoms with Crippen molar-refractivity contribution < 1.29 is 17.9 Å². The van der Waals surface area contributed by atoms with Crippen molar-refractivity contribution in [1.82, 2.24) is 5.32 Å². The fourth-order valence-electron chi connectivity index (χ4n) is 2.58. The van der Waals surface area contributed by atoms with Crippen LogP contribution in [0.25, 0.3) is 0 Å². The highest BCUT2D eigenvalue weighted by Crippen LogP contribution is 2.32. The van der Waals surface area contributed by atoms with Crippen molar-refractivity contribution in [2.45, 2.75) is 25.8 Å². The molecule has 0 radical (unpaired) electrons. The molecule has 1 fully saturated rings. The highest BCUT2D eigenvalue weighted by molar-refractivity contribution is 5.24. The van der Waals surface area contributed by atoms with Gasteiger partial charge in [0.05, 0.1) is 0 Å². The largest absolute Gasteiger partial charge is 0.381 e. The summed E-state index contributed by atoms with van der Waals surface area (Å²) in [6, 6.07) is 1.28. The van der Waals surface area contributed by atoms with Gasteiger partial charge in [0.1, 0.15) is 5.82 Å². The highest BCUT2D eigenvalue weighted by atomic mass is 19.2. The summed E-state index contributed by atoms with van der Waals surface area (Å²) in [4.78, 5) is 0. The summed E-state index contributed by atoms with van der Waals surface area (Å²) < 4.78 is 45.5. The average Bonchev–Trinajstić information content (AvgIpc) is 2.42. The van der Waals surface area contributed by atoms with Crippen LogP contribution in [0.3, 0.4) is 0 Å². The fourth-order valence-corrected chi connectivity index (χ4v) is 2.58. The van der Waals surface area contributed by atoms with E-state index in [0.29, 0.717) is 25.8 Å². The molecule has 0 spiro atoms. The topological polar surface area (TPSA) is 21.3 Å². The second-order valence-corrected chi connectivity index (χ2v) is 4.77. The van der Waals surface area contributed by atoms with Gasteiger partial charge in [0, 0.05) is 30.9 Å². The number of halogens is 3. The third kappa shape index (κ3) is 3.28. The number of nitrogens with one attached hydrogen (secondary N) is 1. The number of rotatable bonds is 4. The van der Waals surface area contributed by atoms with Crippen molar-refractivity contribution in [1.29, 1.82) is 0 Å². The summed E-state index contributed by atoms with van der Waals surface area (Å²) in [7, 11) is 0. The van der Waals surface area contributed by atoms with Gasteiger partial charge in [0.15, 0.2) is 11.6 Å². The summed E-state index contributed by atoms with van der Waals surface area (Å²) >= 11 is 0. The van der Waals surface area contributed by atoms with Gasteiger partial charge in [-0.25, -0.2) is 13.2 Å². The lowest BCUT2D eigenvalue weighted by Gasteiger charge is -2.31. The Morgan fingerprint density at radius 2 is 1.79 bits per heavy atom. The van der Waals surface area contributed by atoms with Crippen LogP contribution in [0.2, 0.25) is 0 Å². The molecule has 1 unspecified atom stereocenters. The normalized spacial score (nSPS) is 18.5. The van der Waals surface area contributed by atoms with Crippen molar-refractivity contribution in [3.05, 3.63) is 35.1 Å². The van der Waals surface area contributed by atoms with Crippen LogP contribution in [0.15, 0.2) is 12.1 Å². The molecule has 2 rings (SSSR count). The van der Waals surface area contributed by atoms with E-state index in [0.717, 1.165) is 18.9 Å². The predicted octanol–water partition coefficient (Wildman–Crippen LogP) is 3.18. The third-order valence-electron chi connectivity index (χ3n) is 3.54. The van der Waals surface area contributed by atoms with Gasteiger partial charge in [-0.05, 0) is 31.4 Å². The van der Waals surface area contributed by atoms with Crippen LogP contribution in [0.1, 0.15) is 31.4 Å². The van der Waals surface area contributed by atoms with Gasteiger partial charge >= 0.3 is 0 Å². The minimum Gasteiger partial charge on any atom is -0.381 e. The molecular formula is C14H18F3NO. The molecule has 1 heterocycles. The SMILES string of the molecule is CCNC(c1cc(F)c(F)cc1F)C1CCOCC1. The van der Waals surface area contributed by atoms with Crippen molar-refractivity contribution in [2.24, 2.45) is 5.92 Å². The first kappa shape index (κ1) is 14.3. The van der Waals surface area contributed by atoms with Crippen molar-refractivity contribution >= 4 is 0 Å². The van der Waals surface area contributed by atoms with Crippen molar-refractivity contribution in [2.75, 3.05) is 19.8 Å². The molecule has 106 valence electrons. The molecule has 0 bridgehead atoms. The molecule has 2 nitrogen and oxygen atoms in total. The Kier molecular flexibility index (Phi) is 4.82. The molecule has 1 aliphatic rings. The Hall–Kier alpha value is -1.07. The fraction of sp³-hybridized carbons (Fsp3) is 0.571. The molecule has 1 atom stereocenters. The molecule has 1 N–H and O–H groups in total. The van der Waals surface area contributed by atoms with Crippen LogP contribution in [0, 0.1) is 23.4 Å². The van der Waals surface area contributed by atoms with Crippen LogP contribution in [0.4, 0.5) is 13.2 Å². The molecule has 1 saturated heterocycles. The second-order valence-electron chi connectivity index (χ2n) is 4.77. The van der Waals surface area contributed by atoms with E-state index in [1.165, 1.54) is 0 Å². The lowest BCUT2D eigenvalue weighted by Crippen LogP contribution is -2.32. The van der Waals surface area contributed by atoms with Gasteiger partial charge < -0.3 is 10.1 Å². The van der Waals surface area contributed by atoms with E-state index in [9.17, 15) is 13.2 Å². The van der Waals surface area contributed by atoms with E-state index in [1.54, 1.807) is 0 Å². The highest BCUT2D eigenvalue weighted by Gasteiger charge is 2.27. The maximum Gasteiger partial charge on any atom is 0.161 e. The van der Waals surface area contributed by atoms with E-state index in [-0.39, 0.29) is 17.5 Å². The lowest BCUT2D eigenvalue weighted by atomic mass is 9.86. The number of ether oxygens (including phenoxy) is 1. The maximum atomic E-state index is 13.9. The van der Waals surface area contributed by atoms with E-state index in [1.807, 2.05) is 6.92 Å². The van der Waals surface area contributed by atoms with Crippen molar-refractivity contribution in [3.63, 3.8) is 0 Å². The van der Waals surface area contributed by atoms with Gasteiger partial charge in [-0.3, -0.25) is 0 Å². The summed E-state index contributed by atoms with van der Waals surface area (Å²) in [5.74, 6) is -2.68. The first-order valence-electron chi connectivity index (χ1n) is 6.59. The Bertz CT molecular complexity index is 433. The van der Waals surface area contributed by atoms with E-state index in [2.05, 4.69) is 5.32 Å². The monoisotopic (exact) mass is 273 g/mol. The second kappa shape index (κ2) is 6.39. The Balaban J connectivity index is 2.29. The molecular weight excluding hydrogens is 255 g/mol. The number of benzene rings is 1. The Labute approximate surface area is 111 Å².